The van der Waals surface area contributed by atoms with Crippen molar-refractivity contribution in [1.29, 1.82) is 0 Å². The molecule has 0 saturated carbocycles. The Labute approximate surface area is 55.3 Å². The van der Waals surface area contributed by atoms with Gasteiger partial charge in [0.25, 0.3) is 0 Å². The zero-order valence-corrected chi connectivity index (χ0v) is 5.72. The van der Waals surface area contributed by atoms with Gasteiger partial charge in [0.15, 0.2) is 0 Å². The summed E-state index contributed by atoms with van der Waals surface area (Å²) < 4.78 is 0. The van der Waals surface area contributed by atoms with Gasteiger partial charge in [-0.25, -0.2) is 0 Å². The lowest BCUT2D eigenvalue weighted by molar-refractivity contribution is -0.108. The Hall–Kier alpha value is -1.05. The van der Waals surface area contributed by atoms with Gasteiger partial charge in [-0.1, -0.05) is 12.2 Å². The van der Waals surface area contributed by atoms with Crippen LogP contribution < -0.4 is 5.32 Å². The quantitative estimate of drug-likeness (QED) is 0.446. The smallest absolute Gasteiger partial charge is 0.211 e. The minimum absolute atomic E-state index is 0.662. The molecule has 0 heterocycles. The van der Waals surface area contributed by atoms with Gasteiger partial charge in [0.2, 0.25) is 6.41 Å². The molecule has 0 fully saturated rings. The Bertz CT molecular complexity index is 136. The fourth-order valence-electron chi connectivity index (χ4n) is 0.475. The van der Waals surface area contributed by atoms with E-state index < -0.39 is 0 Å². The maximum atomic E-state index is 9.86. The van der Waals surface area contributed by atoms with E-state index in [4.69, 9.17) is 0 Å². The van der Waals surface area contributed by atoms with Crippen molar-refractivity contribution in [2.75, 3.05) is 0 Å². The molecule has 0 aromatic carbocycles. The molecule has 1 amide bonds. The van der Waals surface area contributed by atoms with Crippen LogP contribution in [-0.4, -0.2) is 6.41 Å². The third-order valence-electron chi connectivity index (χ3n) is 0.883. The molecule has 2 heteroatoms. The maximum Gasteiger partial charge on any atom is 0.211 e. The van der Waals surface area contributed by atoms with Crippen LogP contribution in [0.2, 0.25) is 0 Å². The number of amides is 1. The van der Waals surface area contributed by atoms with E-state index in [2.05, 4.69) is 5.32 Å². The molecule has 0 aliphatic heterocycles. The summed E-state index contributed by atoms with van der Waals surface area (Å²) in [6.45, 7) is 3.77. The first-order valence-electron chi connectivity index (χ1n) is 2.84. The summed E-state index contributed by atoms with van der Waals surface area (Å²) in [4.78, 5) is 9.86. The van der Waals surface area contributed by atoms with Crippen LogP contribution in [-0.2, 0) is 4.79 Å². The van der Waals surface area contributed by atoms with E-state index in [1.807, 2.05) is 32.1 Å². The highest BCUT2D eigenvalue weighted by atomic mass is 16.1. The van der Waals surface area contributed by atoms with E-state index in [9.17, 15) is 4.79 Å². The second-order valence-electron chi connectivity index (χ2n) is 1.51. The summed E-state index contributed by atoms with van der Waals surface area (Å²) in [6.07, 6.45) is 6.18. The van der Waals surface area contributed by atoms with Gasteiger partial charge in [-0.3, -0.25) is 4.79 Å². The molecule has 0 rings (SSSR count). The molecular weight excluding hydrogens is 114 g/mol. The number of allylic oxidation sites excluding steroid dienone is 3. The molecule has 0 unspecified atom stereocenters. The summed E-state index contributed by atoms with van der Waals surface area (Å²) in [5.41, 5.74) is 0.826. The summed E-state index contributed by atoms with van der Waals surface area (Å²) in [5.74, 6) is 0. The summed E-state index contributed by atoms with van der Waals surface area (Å²) >= 11 is 0. The van der Waals surface area contributed by atoms with Crippen LogP contribution in [0.3, 0.4) is 0 Å². The summed E-state index contributed by atoms with van der Waals surface area (Å²) in [7, 11) is 0. The number of nitrogens with one attached hydrogen (secondary N) is 1. The lowest BCUT2D eigenvalue weighted by atomic mass is 10.4. The first-order valence-corrected chi connectivity index (χ1v) is 2.84. The molecule has 0 spiro atoms. The Morgan fingerprint density at radius 3 is 2.44 bits per heavy atom. The molecule has 0 aliphatic carbocycles. The normalized spacial score (nSPS) is 12.0. The maximum absolute atomic E-state index is 9.86. The van der Waals surface area contributed by atoms with Gasteiger partial charge in [0.05, 0.1) is 0 Å². The average Bonchev–Trinajstić information content (AvgIpc) is 1.88. The second kappa shape index (κ2) is 5.09. The number of hydrogen-bond acceptors (Lipinski definition) is 1. The van der Waals surface area contributed by atoms with E-state index >= 15 is 0 Å². The Morgan fingerprint density at radius 2 is 2.11 bits per heavy atom. The Kier molecular flexibility index (Phi) is 4.50. The summed E-state index contributed by atoms with van der Waals surface area (Å²) in [6, 6.07) is 0. The van der Waals surface area contributed by atoms with Crippen molar-refractivity contribution in [2.45, 2.75) is 13.8 Å². The van der Waals surface area contributed by atoms with Crippen LogP contribution in [0.4, 0.5) is 0 Å². The SMILES string of the molecule is C/C=C\C(=C/C)NC=O. The van der Waals surface area contributed by atoms with Gasteiger partial charge in [-0.05, 0) is 19.9 Å². The number of carbonyl (C=O) groups is 1. The van der Waals surface area contributed by atoms with E-state index in [1.54, 1.807) is 0 Å². The molecule has 0 saturated heterocycles. The fraction of sp³-hybridized carbons (Fsp3) is 0.286. The van der Waals surface area contributed by atoms with Gasteiger partial charge in [-0.15, -0.1) is 0 Å². The molecule has 0 aromatic heterocycles. The molecule has 0 atom stereocenters. The lowest BCUT2D eigenvalue weighted by Crippen LogP contribution is -2.07. The van der Waals surface area contributed by atoms with E-state index in [0.29, 0.717) is 6.41 Å². The highest BCUT2D eigenvalue weighted by Gasteiger charge is 1.81. The van der Waals surface area contributed by atoms with Gasteiger partial charge < -0.3 is 5.32 Å². The third kappa shape index (κ3) is 3.53. The van der Waals surface area contributed by atoms with Crippen molar-refractivity contribution in [2.24, 2.45) is 0 Å². The van der Waals surface area contributed by atoms with Crippen LogP contribution >= 0.6 is 0 Å². The molecule has 0 radical (unpaired) electrons. The van der Waals surface area contributed by atoms with Crippen molar-refractivity contribution in [3.05, 3.63) is 23.9 Å². The monoisotopic (exact) mass is 125 g/mol. The van der Waals surface area contributed by atoms with Crippen LogP contribution in [0.1, 0.15) is 13.8 Å². The van der Waals surface area contributed by atoms with Crippen LogP contribution in [0.5, 0.6) is 0 Å². The molecule has 0 aromatic rings. The number of carbonyl (C=O) groups excluding carboxylic acids is 1. The van der Waals surface area contributed by atoms with Gasteiger partial charge in [0, 0.05) is 5.70 Å². The minimum Gasteiger partial charge on any atom is -0.329 e. The van der Waals surface area contributed by atoms with Crippen LogP contribution in [0, 0.1) is 0 Å². The molecule has 1 N–H and O–H groups in total. The van der Waals surface area contributed by atoms with Crippen molar-refractivity contribution in [3.63, 3.8) is 0 Å². The topological polar surface area (TPSA) is 29.1 Å². The Morgan fingerprint density at radius 1 is 1.44 bits per heavy atom. The van der Waals surface area contributed by atoms with E-state index in [1.165, 1.54) is 0 Å². The second-order valence-corrected chi connectivity index (χ2v) is 1.51. The molecule has 0 bridgehead atoms. The lowest BCUT2D eigenvalue weighted by Gasteiger charge is -1.93. The first kappa shape index (κ1) is 7.95. The number of hydrogen-bond donors (Lipinski definition) is 1. The Balaban J connectivity index is 3.84. The van der Waals surface area contributed by atoms with Crippen molar-refractivity contribution in [1.82, 2.24) is 5.32 Å². The first-order chi connectivity index (χ1) is 4.35. The van der Waals surface area contributed by atoms with Crippen molar-refractivity contribution < 1.29 is 4.79 Å². The average molecular weight is 125 g/mol. The highest BCUT2D eigenvalue weighted by molar-refractivity contribution is 5.51. The largest absolute Gasteiger partial charge is 0.329 e. The predicted molar refractivity (Wildman–Crippen MR) is 37.8 cm³/mol. The fourth-order valence-corrected chi connectivity index (χ4v) is 0.475. The third-order valence-corrected chi connectivity index (χ3v) is 0.883. The van der Waals surface area contributed by atoms with E-state index in [0.717, 1.165) is 5.70 Å². The molecule has 2 nitrogen and oxygen atoms in total. The molecule has 9 heavy (non-hydrogen) atoms. The minimum atomic E-state index is 0.662. The predicted octanol–water partition coefficient (Wildman–Crippen LogP) is 1.21. The van der Waals surface area contributed by atoms with Gasteiger partial charge in [0.1, 0.15) is 0 Å². The van der Waals surface area contributed by atoms with Crippen LogP contribution in [0.15, 0.2) is 23.9 Å². The molecular formula is C7H11NO. The van der Waals surface area contributed by atoms with Crippen LogP contribution in [0.25, 0.3) is 0 Å². The van der Waals surface area contributed by atoms with Crippen molar-refractivity contribution >= 4 is 6.41 Å². The number of rotatable bonds is 3. The summed E-state index contributed by atoms with van der Waals surface area (Å²) in [5, 5.41) is 2.53. The van der Waals surface area contributed by atoms with Crippen molar-refractivity contribution in [3.8, 4) is 0 Å². The highest BCUT2D eigenvalue weighted by Crippen LogP contribution is 1.87. The standard InChI is InChI=1S/C7H11NO/c1-3-5-7(4-2)8-6-9/h3-6H,1-2H3,(H,8,9)/b5-3-,7-4+. The molecule has 0 aliphatic rings. The van der Waals surface area contributed by atoms with E-state index in [-0.39, 0.29) is 0 Å². The zero-order chi connectivity index (χ0) is 7.11. The van der Waals surface area contributed by atoms with Gasteiger partial charge >= 0.3 is 0 Å². The van der Waals surface area contributed by atoms with Gasteiger partial charge in [-0.2, -0.15) is 0 Å². The molecule has 50 valence electrons. The zero-order valence-electron chi connectivity index (χ0n) is 5.72.